The maximum Gasteiger partial charge on any atom is 0.256 e. The molecule has 0 spiro atoms. The van der Waals surface area contributed by atoms with Crippen LogP contribution in [0, 0.1) is 6.92 Å². The van der Waals surface area contributed by atoms with Gasteiger partial charge in [-0.25, -0.2) is 0 Å². The van der Waals surface area contributed by atoms with E-state index < -0.39 is 0 Å². The Morgan fingerprint density at radius 1 is 0.508 bits per heavy atom. The summed E-state index contributed by atoms with van der Waals surface area (Å²) in [6.07, 6.45) is 4.30. The summed E-state index contributed by atoms with van der Waals surface area (Å²) < 4.78 is 9.79. The van der Waals surface area contributed by atoms with Crippen LogP contribution in [0.3, 0.4) is 0 Å². The molecule has 0 radical (unpaired) electrons. The summed E-state index contributed by atoms with van der Waals surface area (Å²) in [7, 11) is 0. The van der Waals surface area contributed by atoms with Gasteiger partial charge in [-0.1, -0.05) is 133 Å². The summed E-state index contributed by atoms with van der Waals surface area (Å²) in [4.78, 5) is 4.77. The Morgan fingerprint density at radius 3 is 2.00 bits per heavy atom. The molecular weight excluding hydrogens is 765 g/mol. The number of fused-ring (bicyclic) bond motifs is 7. The number of rotatable bonds is 7. The summed E-state index contributed by atoms with van der Waals surface area (Å²) in [6.45, 7) is 4.17. The molecule has 63 heavy (non-hydrogen) atoms. The molecule has 3 heterocycles. The van der Waals surface area contributed by atoms with E-state index in [9.17, 15) is 0 Å². The molecular formula is C58H42BN3O. The molecule has 5 heteroatoms. The number of hydrogen-bond acceptors (Lipinski definition) is 3. The largest absolute Gasteiger partial charge is 0.458 e. The van der Waals surface area contributed by atoms with Gasteiger partial charge < -0.3 is 19.1 Å². The highest BCUT2D eigenvalue weighted by atomic mass is 16.5. The average Bonchev–Trinajstić information content (AvgIpc) is 3.67. The fourth-order valence-electron chi connectivity index (χ4n) is 10.0. The van der Waals surface area contributed by atoms with Gasteiger partial charge in [0.25, 0.3) is 6.71 Å². The lowest BCUT2D eigenvalue weighted by atomic mass is 9.34. The molecule has 0 unspecified atom stereocenters. The molecule has 2 aliphatic heterocycles. The van der Waals surface area contributed by atoms with Gasteiger partial charge in [-0.3, -0.25) is 0 Å². The van der Waals surface area contributed by atoms with Crippen LogP contribution >= 0.6 is 0 Å². The van der Waals surface area contributed by atoms with E-state index in [1.54, 1.807) is 0 Å². The number of anilines is 6. The smallest absolute Gasteiger partial charge is 0.256 e. The summed E-state index contributed by atoms with van der Waals surface area (Å²) in [6, 6.07) is 74.7. The van der Waals surface area contributed by atoms with Gasteiger partial charge >= 0.3 is 0 Å². The monoisotopic (exact) mass is 807 g/mol. The predicted molar refractivity (Wildman–Crippen MR) is 266 cm³/mol. The van der Waals surface area contributed by atoms with E-state index in [4.69, 9.17) is 4.74 Å². The summed E-state index contributed by atoms with van der Waals surface area (Å²) in [5, 5.41) is 2.42. The highest BCUT2D eigenvalue weighted by Crippen LogP contribution is 2.47. The fraction of sp³-hybridized carbons (Fsp3) is 0.0345. The maximum absolute atomic E-state index is 7.42. The average molecular weight is 808 g/mol. The summed E-state index contributed by atoms with van der Waals surface area (Å²) in [5.41, 5.74) is 18.3. The normalized spacial score (nSPS) is 12.6. The Hall–Kier alpha value is -8.02. The van der Waals surface area contributed by atoms with Crippen molar-refractivity contribution >= 4 is 85.1 Å². The van der Waals surface area contributed by atoms with Crippen LogP contribution in [-0.2, 0) is 0 Å². The van der Waals surface area contributed by atoms with Crippen LogP contribution in [0.5, 0.6) is 11.5 Å². The Balaban J connectivity index is 1.08. The molecule has 0 saturated heterocycles. The first-order chi connectivity index (χ1) is 31.1. The van der Waals surface area contributed by atoms with E-state index in [0.29, 0.717) is 0 Å². The SMILES string of the molecule is C/C=C/c1ccccc1-c1ccc2c3c1Oc1cc(N(c4ccc(C)cc4)c4ccc5c(c4)c4ccccc4n5-c4ccccc4)ccc1B3c1ccccc1N2c1ccccc1. The zero-order chi connectivity index (χ0) is 42.0. The number of aromatic nitrogens is 1. The Kier molecular flexibility index (Phi) is 8.68. The molecule has 4 nitrogen and oxygen atoms in total. The van der Waals surface area contributed by atoms with E-state index in [2.05, 4.69) is 247 Å². The zero-order valence-corrected chi connectivity index (χ0v) is 35.1. The summed E-state index contributed by atoms with van der Waals surface area (Å²) in [5.74, 6) is 1.75. The Morgan fingerprint density at radius 2 is 1.17 bits per heavy atom. The number of benzene rings is 9. The van der Waals surface area contributed by atoms with Gasteiger partial charge in [0.2, 0.25) is 0 Å². The third-order valence-corrected chi connectivity index (χ3v) is 12.8. The second kappa shape index (κ2) is 14.9. The highest BCUT2D eigenvalue weighted by Gasteiger charge is 2.43. The van der Waals surface area contributed by atoms with E-state index in [1.807, 2.05) is 0 Å². The van der Waals surface area contributed by atoms with Crippen molar-refractivity contribution in [3.8, 4) is 28.3 Å². The molecule has 0 saturated carbocycles. The second-order valence-corrected chi connectivity index (χ2v) is 16.5. The quantitative estimate of drug-likeness (QED) is 0.150. The van der Waals surface area contributed by atoms with Crippen LogP contribution in [0.2, 0.25) is 0 Å². The Bertz CT molecular complexity index is 3410. The first kappa shape index (κ1) is 36.8. The van der Waals surface area contributed by atoms with E-state index in [0.717, 1.165) is 67.8 Å². The van der Waals surface area contributed by atoms with Gasteiger partial charge in [0, 0.05) is 62.2 Å². The van der Waals surface area contributed by atoms with E-state index in [1.165, 1.54) is 44.0 Å². The van der Waals surface area contributed by atoms with Crippen molar-refractivity contribution in [3.63, 3.8) is 0 Å². The molecule has 0 N–H and O–H groups in total. The van der Waals surface area contributed by atoms with Crippen molar-refractivity contribution < 1.29 is 4.74 Å². The highest BCUT2D eigenvalue weighted by molar-refractivity contribution is 6.99. The molecule has 0 atom stereocenters. The van der Waals surface area contributed by atoms with Crippen molar-refractivity contribution in [2.24, 2.45) is 0 Å². The van der Waals surface area contributed by atoms with Gasteiger partial charge in [-0.2, -0.15) is 0 Å². The molecule has 12 rings (SSSR count). The molecule has 298 valence electrons. The summed E-state index contributed by atoms with van der Waals surface area (Å²) >= 11 is 0. The molecule has 9 aromatic carbocycles. The van der Waals surface area contributed by atoms with E-state index in [-0.39, 0.29) is 6.71 Å². The minimum absolute atomic E-state index is 0.0499. The lowest BCUT2D eigenvalue weighted by Crippen LogP contribution is -2.59. The van der Waals surface area contributed by atoms with Gasteiger partial charge in [-0.15, -0.1) is 0 Å². The zero-order valence-electron chi connectivity index (χ0n) is 35.1. The number of para-hydroxylation sites is 4. The number of hydrogen-bond donors (Lipinski definition) is 0. The molecule has 0 fully saturated rings. The third-order valence-electron chi connectivity index (χ3n) is 12.8. The molecule has 0 aliphatic carbocycles. The first-order valence-corrected chi connectivity index (χ1v) is 21.7. The molecule has 2 aliphatic rings. The van der Waals surface area contributed by atoms with Crippen LogP contribution in [0.25, 0.3) is 44.7 Å². The molecule has 0 amide bonds. The van der Waals surface area contributed by atoms with Crippen molar-refractivity contribution in [1.29, 1.82) is 0 Å². The van der Waals surface area contributed by atoms with Gasteiger partial charge in [-0.05, 0) is 126 Å². The lowest BCUT2D eigenvalue weighted by molar-refractivity contribution is 0.489. The van der Waals surface area contributed by atoms with E-state index >= 15 is 0 Å². The minimum Gasteiger partial charge on any atom is -0.458 e. The number of aryl methyl sites for hydroxylation is 1. The topological polar surface area (TPSA) is 20.6 Å². The van der Waals surface area contributed by atoms with Crippen LogP contribution in [0.4, 0.5) is 34.1 Å². The van der Waals surface area contributed by atoms with Crippen LogP contribution in [-0.4, -0.2) is 11.3 Å². The third kappa shape index (κ3) is 5.92. The Labute approximate surface area is 368 Å². The van der Waals surface area contributed by atoms with Gasteiger partial charge in [0.15, 0.2) is 0 Å². The number of ether oxygens (including phenoxy) is 1. The van der Waals surface area contributed by atoms with Crippen molar-refractivity contribution in [2.75, 3.05) is 9.80 Å². The maximum atomic E-state index is 7.42. The number of allylic oxidation sites excluding steroid dienone is 1. The van der Waals surface area contributed by atoms with Gasteiger partial charge in [0.1, 0.15) is 11.5 Å². The van der Waals surface area contributed by atoms with Crippen molar-refractivity contribution in [1.82, 2.24) is 4.57 Å². The molecule has 0 bridgehead atoms. The second-order valence-electron chi connectivity index (χ2n) is 16.5. The van der Waals surface area contributed by atoms with Crippen molar-refractivity contribution in [2.45, 2.75) is 13.8 Å². The van der Waals surface area contributed by atoms with Crippen LogP contribution in [0.1, 0.15) is 18.1 Å². The predicted octanol–water partition coefficient (Wildman–Crippen LogP) is 13.7. The van der Waals surface area contributed by atoms with Crippen LogP contribution < -0.4 is 30.9 Å². The number of nitrogens with zero attached hydrogens (tertiary/aromatic N) is 3. The molecule has 10 aromatic rings. The fourth-order valence-corrected chi connectivity index (χ4v) is 10.0. The first-order valence-electron chi connectivity index (χ1n) is 21.7. The van der Waals surface area contributed by atoms with Crippen LogP contribution in [0.15, 0.2) is 212 Å². The molecule has 1 aromatic heterocycles. The standard InChI is InChI=1S/C58H42BN3O/c1-3-16-40-17-10-11-22-46(40)48-33-36-55-57-58(48)63-56-38-45(31-34-51(56)59(57)50-24-13-15-26-54(50)62(55)42-20-8-5-9-21-42)60(43-29-27-39(2)28-30-43)44-32-35-53-49(37-44)47-23-12-14-25-52(47)61(53)41-18-6-4-7-19-41/h3-38H,1-2H3/b16-3+. The van der Waals surface area contributed by atoms with Crippen molar-refractivity contribution in [3.05, 3.63) is 223 Å². The van der Waals surface area contributed by atoms with Gasteiger partial charge in [0.05, 0.1) is 11.0 Å². The minimum atomic E-state index is -0.0499. The lowest BCUT2D eigenvalue weighted by Gasteiger charge is -2.41.